The summed E-state index contributed by atoms with van der Waals surface area (Å²) in [5.74, 6) is -0.150. The Balaban J connectivity index is 1.65. The molecule has 1 aromatic heterocycles. The van der Waals surface area contributed by atoms with Crippen molar-refractivity contribution >= 4 is 66.3 Å². The van der Waals surface area contributed by atoms with Crippen molar-refractivity contribution in [1.82, 2.24) is 9.66 Å². The molecule has 10 nitrogen and oxygen atoms in total. The molecular weight excluding hydrogens is 646 g/mol. The minimum atomic E-state index is -0.614. The van der Waals surface area contributed by atoms with Gasteiger partial charge in [-0.25, -0.2) is 4.98 Å². The van der Waals surface area contributed by atoms with Crippen LogP contribution in [0.1, 0.15) is 37.7 Å². The topological polar surface area (TPSA) is 129 Å². The normalized spacial score (nSPS) is 11.7. The number of aryl methyl sites for hydroxylation is 1. The molecule has 1 heterocycles. The van der Waals surface area contributed by atoms with Gasteiger partial charge in [-0.1, -0.05) is 54.4 Å². The maximum atomic E-state index is 13.4. The molecule has 0 radical (unpaired) electrons. The number of halogens is 2. The van der Waals surface area contributed by atoms with Gasteiger partial charge >= 0.3 is 5.69 Å². The van der Waals surface area contributed by atoms with Gasteiger partial charge < -0.3 is 10.1 Å². The zero-order chi connectivity index (χ0) is 29.2. The van der Waals surface area contributed by atoms with Gasteiger partial charge in [-0.2, -0.15) is 9.78 Å². The van der Waals surface area contributed by atoms with E-state index in [0.29, 0.717) is 28.0 Å². The van der Waals surface area contributed by atoms with Crippen LogP contribution in [-0.2, 0) is 10.2 Å². The van der Waals surface area contributed by atoms with Crippen molar-refractivity contribution < 1.29 is 14.5 Å². The van der Waals surface area contributed by atoms with Crippen LogP contribution in [0.5, 0.6) is 5.75 Å². The second-order valence-corrected chi connectivity index (χ2v) is 11.8. The highest BCUT2D eigenvalue weighted by atomic mass is 79.9. The fraction of sp³-hybridized carbons (Fsp3) is 0.214. The Labute approximate surface area is 246 Å². The monoisotopic (exact) mass is 669 g/mol. The molecule has 4 rings (SSSR count). The molecule has 0 unspecified atom stereocenters. The number of nitrogens with zero attached hydrogens (tertiary/aromatic N) is 4. The number of hydrogen-bond donors (Lipinski definition) is 1. The molecule has 1 amide bonds. The molecule has 0 spiro atoms. The third kappa shape index (κ3) is 6.62. The molecule has 0 fully saturated rings. The molecule has 0 bridgehead atoms. The van der Waals surface area contributed by atoms with Crippen molar-refractivity contribution in [3.8, 4) is 5.75 Å². The first-order chi connectivity index (χ1) is 18.8. The molecule has 0 saturated heterocycles. The summed E-state index contributed by atoms with van der Waals surface area (Å²) in [6, 6.07) is 15.2. The molecule has 0 saturated carbocycles. The lowest BCUT2D eigenvalue weighted by atomic mass is 9.95. The second-order valence-electron chi connectivity index (χ2n) is 10.0. The van der Waals surface area contributed by atoms with Gasteiger partial charge in [0.1, 0.15) is 5.82 Å². The van der Waals surface area contributed by atoms with E-state index in [1.54, 1.807) is 36.4 Å². The number of nitro groups is 1. The first kappa shape index (κ1) is 29.1. The van der Waals surface area contributed by atoms with Gasteiger partial charge in [0.05, 0.1) is 26.5 Å². The number of hydrogen-bond acceptors (Lipinski definition) is 7. The number of amides is 1. The number of ether oxygens (including phenoxy) is 1. The Morgan fingerprint density at radius 3 is 2.50 bits per heavy atom. The van der Waals surface area contributed by atoms with E-state index >= 15 is 0 Å². The van der Waals surface area contributed by atoms with Crippen LogP contribution < -0.4 is 15.6 Å². The highest BCUT2D eigenvalue weighted by Gasteiger charge is 2.24. The quantitative estimate of drug-likeness (QED) is 0.139. The summed E-state index contributed by atoms with van der Waals surface area (Å²) in [6.45, 7) is 7.22. The second kappa shape index (κ2) is 11.7. The number of aromatic nitrogens is 2. The van der Waals surface area contributed by atoms with E-state index in [4.69, 9.17) is 4.74 Å². The fourth-order valence-electron chi connectivity index (χ4n) is 3.79. The lowest BCUT2D eigenvalue weighted by molar-refractivity contribution is -0.385. The summed E-state index contributed by atoms with van der Waals surface area (Å²) in [6.07, 6.45) is 1.34. The van der Waals surface area contributed by atoms with E-state index in [0.717, 1.165) is 10.0 Å². The number of rotatable bonds is 7. The fourth-order valence-corrected chi connectivity index (χ4v) is 4.73. The van der Waals surface area contributed by atoms with E-state index in [9.17, 15) is 19.7 Å². The first-order valence-corrected chi connectivity index (χ1v) is 13.7. The predicted molar refractivity (Wildman–Crippen MR) is 161 cm³/mol. The van der Waals surface area contributed by atoms with Gasteiger partial charge in [0.15, 0.2) is 6.61 Å². The smallest absolute Gasteiger partial charge is 0.312 e. The Morgan fingerprint density at radius 1 is 1.15 bits per heavy atom. The molecule has 0 aliphatic carbocycles. The van der Waals surface area contributed by atoms with Crippen LogP contribution in [0.2, 0.25) is 0 Å². The third-order valence-corrected chi connectivity index (χ3v) is 6.81. The average molecular weight is 671 g/mol. The summed E-state index contributed by atoms with van der Waals surface area (Å²) < 4.78 is 7.70. The van der Waals surface area contributed by atoms with Crippen LogP contribution in [0.4, 0.5) is 11.4 Å². The van der Waals surface area contributed by atoms with E-state index in [1.165, 1.54) is 17.0 Å². The van der Waals surface area contributed by atoms with E-state index < -0.39 is 22.9 Å². The number of nitrogens with one attached hydrogen (secondary N) is 1. The van der Waals surface area contributed by atoms with Crippen LogP contribution in [0.25, 0.3) is 10.9 Å². The van der Waals surface area contributed by atoms with Gasteiger partial charge in [-0.15, -0.1) is 0 Å². The van der Waals surface area contributed by atoms with Crippen molar-refractivity contribution in [3.05, 3.63) is 101 Å². The number of carbonyl (C=O) groups excluding carboxylic acids is 1. The summed E-state index contributed by atoms with van der Waals surface area (Å²) in [5.41, 5.74) is 1.22. The summed E-state index contributed by atoms with van der Waals surface area (Å²) in [4.78, 5) is 41.7. The lowest BCUT2D eigenvalue weighted by Gasteiger charge is -2.20. The Bertz CT molecular complexity index is 1710. The van der Waals surface area contributed by atoms with Crippen LogP contribution in [0.15, 0.2) is 73.4 Å². The highest BCUT2D eigenvalue weighted by Crippen LogP contribution is 2.36. The number of nitro benzene ring substituents is 1. The van der Waals surface area contributed by atoms with Crippen LogP contribution in [0, 0.1) is 17.0 Å². The molecule has 206 valence electrons. The maximum Gasteiger partial charge on any atom is 0.312 e. The van der Waals surface area contributed by atoms with E-state index in [-0.39, 0.29) is 21.5 Å². The number of benzene rings is 3. The highest BCUT2D eigenvalue weighted by molar-refractivity contribution is 9.10. The van der Waals surface area contributed by atoms with Crippen molar-refractivity contribution in [3.63, 3.8) is 0 Å². The molecule has 4 aromatic rings. The minimum absolute atomic E-state index is 0.106. The van der Waals surface area contributed by atoms with E-state index in [1.807, 2.05) is 39.8 Å². The van der Waals surface area contributed by atoms with Crippen molar-refractivity contribution in [1.29, 1.82) is 0 Å². The molecule has 0 atom stereocenters. The molecular formula is C28H25Br2N5O5. The van der Waals surface area contributed by atoms with Gasteiger partial charge in [0, 0.05) is 27.2 Å². The number of anilines is 1. The van der Waals surface area contributed by atoms with Crippen LogP contribution in [0.3, 0.4) is 0 Å². The molecule has 1 N–H and O–H groups in total. The minimum Gasteiger partial charge on any atom is -0.476 e. The van der Waals surface area contributed by atoms with Crippen molar-refractivity contribution in [2.75, 3.05) is 11.9 Å². The number of carbonyl (C=O) groups is 1. The summed E-state index contributed by atoms with van der Waals surface area (Å²) in [5, 5.41) is 19.3. The molecule has 0 aliphatic heterocycles. The van der Waals surface area contributed by atoms with Gasteiger partial charge in [-0.3, -0.25) is 19.7 Å². The van der Waals surface area contributed by atoms with Crippen LogP contribution >= 0.6 is 31.9 Å². The molecule has 12 heteroatoms. The summed E-state index contributed by atoms with van der Waals surface area (Å²) >= 11 is 6.69. The Morgan fingerprint density at radius 2 is 1.85 bits per heavy atom. The van der Waals surface area contributed by atoms with Gasteiger partial charge in [0.2, 0.25) is 5.75 Å². The predicted octanol–water partition coefficient (Wildman–Crippen LogP) is 6.34. The van der Waals surface area contributed by atoms with Gasteiger partial charge in [0.25, 0.3) is 11.5 Å². The molecule has 0 aliphatic rings. The van der Waals surface area contributed by atoms with E-state index in [2.05, 4.69) is 47.3 Å². The summed E-state index contributed by atoms with van der Waals surface area (Å²) in [7, 11) is 0. The number of fused-ring (bicyclic) bond motifs is 1. The molecule has 3 aromatic carbocycles. The largest absolute Gasteiger partial charge is 0.476 e. The Kier molecular flexibility index (Phi) is 8.50. The van der Waals surface area contributed by atoms with Gasteiger partial charge in [-0.05, 0) is 59.3 Å². The standard InChI is InChI=1S/C28H25Br2N5O5/c1-16-5-8-19(9-6-16)32-24(36)15-40-25-21(30)11-17(12-23(25)35(38)39)14-31-34-26(37)20-13-18(29)7-10-22(20)33-27(34)28(2,3)4/h5-14H,15H2,1-4H3,(H,32,36). The van der Waals surface area contributed by atoms with Crippen molar-refractivity contribution in [2.45, 2.75) is 33.1 Å². The molecule has 40 heavy (non-hydrogen) atoms. The lowest BCUT2D eigenvalue weighted by Crippen LogP contribution is -2.29. The van der Waals surface area contributed by atoms with Crippen molar-refractivity contribution in [2.24, 2.45) is 5.10 Å². The zero-order valence-electron chi connectivity index (χ0n) is 22.1. The maximum absolute atomic E-state index is 13.4. The Hall–Kier alpha value is -3.90. The SMILES string of the molecule is Cc1ccc(NC(=O)COc2c(Br)cc(C=Nn3c(C(C)(C)C)nc4ccc(Br)cc4c3=O)cc2[N+](=O)[O-])cc1. The van der Waals surface area contributed by atoms with Crippen LogP contribution in [-0.4, -0.2) is 33.3 Å². The average Bonchev–Trinajstić information content (AvgIpc) is 2.88. The third-order valence-electron chi connectivity index (χ3n) is 5.73. The zero-order valence-corrected chi connectivity index (χ0v) is 25.2. The first-order valence-electron chi connectivity index (χ1n) is 12.1.